The van der Waals surface area contributed by atoms with Crippen LogP contribution in [0.3, 0.4) is 0 Å². The van der Waals surface area contributed by atoms with Gasteiger partial charge >= 0.3 is 0 Å². The third-order valence-corrected chi connectivity index (χ3v) is 3.35. The number of ketones is 1. The number of furan rings is 1. The molecule has 0 spiro atoms. The van der Waals surface area contributed by atoms with Crippen LogP contribution in [-0.2, 0) is 0 Å². The molecule has 0 saturated heterocycles. The van der Waals surface area contributed by atoms with Crippen molar-refractivity contribution in [3.05, 3.63) is 71.0 Å². The Labute approximate surface area is 111 Å². The van der Waals surface area contributed by atoms with Crippen LogP contribution in [-0.4, -0.2) is 5.78 Å². The van der Waals surface area contributed by atoms with Crippen molar-refractivity contribution in [2.45, 2.75) is 13.8 Å². The molecule has 0 amide bonds. The second kappa shape index (κ2) is 4.39. The Morgan fingerprint density at radius 1 is 1.00 bits per heavy atom. The molecule has 19 heavy (non-hydrogen) atoms. The average Bonchev–Trinajstić information content (AvgIpc) is 2.82. The highest BCUT2D eigenvalue weighted by Gasteiger charge is 2.16. The van der Waals surface area contributed by atoms with Gasteiger partial charge in [-0.2, -0.15) is 0 Å². The predicted molar refractivity (Wildman–Crippen MR) is 75.6 cm³/mol. The van der Waals surface area contributed by atoms with Crippen LogP contribution in [0.15, 0.2) is 53.1 Å². The maximum Gasteiger partial charge on any atom is 0.197 e. The second-order valence-electron chi connectivity index (χ2n) is 4.79. The highest BCUT2D eigenvalue weighted by molar-refractivity contribution is 6.16. The highest BCUT2D eigenvalue weighted by atomic mass is 16.3. The van der Waals surface area contributed by atoms with Gasteiger partial charge in [-0.05, 0) is 25.5 Å². The third-order valence-electron chi connectivity index (χ3n) is 3.35. The molecule has 0 unspecified atom stereocenters. The van der Waals surface area contributed by atoms with Crippen LogP contribution < -0.4 is 0 Å². The average molecular weight is 250 g/mol. The van der Waals surface area contributed by atoms with Gasteiger partial charge in [0, 0.05) is 10.9 Å². The van der Waals surface area contributed by atoms with Crippen LogP contribution in [0, 0.1) is 13.8 Å². The first-order valence-corrected chi connectivity index (χ1v) is 6.25. The number of hydrogen-bond acceptors (Lipinski definition) is 2. The van der Waals surface area contributed by atoms with Crippen molar-refractivity contribution >= 4 is 16.8 Å². The fourth-order valence-corrected chi connectivity index (χ4v) is 2.37. The fourth-order valence-electron chi connectivity index (χ4n) is 2.37. The van der Waals surface area contributed by atoms with Crippen LogP contribution in [0.2, 0.25) is 0 Å². The first-order valence-electron chi connectivity index (χ1n) is 6.25. The number of hydrogen-bond donors (Lipinski definition) is 0. The Bertz CT molecular complexity index is 766. The zero-order valence-corrected chi connectivity index (χ0v) is 10.9. The van der Waals surface area contributed by atoms with Crippen molar-refractivity contribution < 1.29 is 9.21 Å². The molecule has 0 atom stereocenters. The minimum absolute atomic E-state index is 0.0162. The normalized spacial score (nSPS) is 10.8. The molecule has 0 aliphatic carbocycles. The number of para-hydroxylation sites is 1. The Kier molecular flexibility index (Phi) is 2.71. The summed E-state index contributed by atoms with van der Waals surface area (Å²) in [7, 11) is 0. The summed E-state index contributed by atoms with van der Waals surface area (Å²) in [6.45, 7) is 3.98. The molecule has 0 radical (unpaired) electrons. The smallest absolute Gasteiger partial charge is 0.197 e. The highest BCUT2D eigenvalue weighted by Crippen LogP contribution is 2.24. The lowest BCUT2D eigenvalue weighted by atomic mass is 9.97. The molecule has 0 N–H and O–H groups in total. The molecule has 0 fully saturated rings. The minimum Gasteiger partial charge on any atom is -0.464 e. The topological polar surface area (TPSA) is 30.2 Å². The second-order valence-corrected chi connectivity index (χ2v) is 4.79. The number of aryl methyl sites for hydroxylation is 2. The number of rotatable bonds is 2. The van der Waals surface area contributed by atoms with Gasteiger partial charge in [0.25, 0.3) is 0 Å². The lowest BCUT2D eigenvalue weighted by Crippen LogP contribution is -2.03. The summed E-state index contributed by atoms with van der Waals surface area (Å²) in [5.41, 5.74) is 4.26. The fraction of sp³-hybridized carbons (Fsp3) is 0.118. The predicted octanol–water partition coefficient (Wildman–Crippen LogP) is 4.28. The van der Waals surface area contributed by atoms with E-state index in [9.17, 15) is 4.79 Å². The standard InChI is InChI=1S/C17H14O2/c1-11-7-8-13(12(2)9-11)17(18)15-10-19-16-6-4-3-5-14(15)16/h3-10H,1-2H3. The van der Waals surface area contributed by atoms with Crippen LogP contribution in [0.4, 0.5) is 0 Å². The van der Waals surface area contributed by atoms with E-state index < -0.39 is 0 Å². The Morgan fingerprint density at radius 2 is 1.79 bits per heavy atom. The molecule has 2 heteroatoms. The van der Waals surface area contributed by atoms with E-state index in [4.69, 9.17) is 4.42 Å². The molecular weight excluding hydrogens is 236 g/mol. The summed E-state index contributed by atoms with van der Waals surface area (Å²) in [6.07, 6.45) is 1.55. The van der Waals surface area contributed by atoms with Gasteiger partial charge in [0.2, 0.25) is 0 Å². The van der Waals surface area contributed by atoms with E-state index in [0.29, 0.717) is 5.56 Å². The van der Waals surface area contributed by atoms with Crippen LogP contribution in [0.1, 0.15) is 27.0 Å². The maximum absolute atomic E-state index is 12.6. The van der Waals surface area contributed by atoms with E-state index in [-0.39, 0.29) is 5.78 Å². The lowest BCUT2D eigenvalue weighted by molar-refractivity contribution is 0.103. The molecule has 0 saturated carbocycles. The molecule has 0 bridgehead atoms. The summed E-state index contributed by atoms with van der Waals surface area (Å²) >= 11 is 0. The number of fused-ring (bicyclic) bond motifs is 1. The van der Waals surface area contributed by atoms with Gasteiger partial charge in [0.15, 0.2) is 5.78 Å². The Balaban J connectivity index is 2.13. The lowest BCUT2D eigenvalue weighted by Gasteiger charge is -2.04. The number of carbonyl (C=O) groups is 1. The van der Waals surface area contributed by atoms with Crippen molar-refractivity contribution in [1.82, 2.24) is 0 Å². The number of carbonyl (C=O) groups excluding carboxylic acids is 1. The summed E-state index contributed by atoms with van der Waals surface area (Å²) in [5, 5.41) is 0.868. The molecular formula is C17H14O2. The van der Waals surface area contributed by atoms with E-state index in [1.54, 1.807) is 6.26 Å². The largest absolute Gasteiger partial charge is 0.464 e. The van der Waals surface area contributed by atoms with E-state index in [1.807, 2.05) is 56.3 Å². The molecule has 1 heterocycles. The minimum atomic E-state index is 0.0162. The van der Waals surface area contributed by atoms with Gasteiger partial charge in [-0.1, -0.05) is 42.0 Å². The monoisotopic (exact) mass is 250 g/mol. The Morgan fingerprint density at radius 3 is 2.58 bits per heavy atom. The first kappa shape index (κ1) is 11.7. The van der Waals surface area contributed by atoms with E-state index >= 15 is 0 Å². The van der Waals surface area contributed by atoms with E-state index in [0.717, 1.165) is 27.7 Å². The maximum atomic E-state index is 12.6. The molecule has 94 valence electrons. The van der Waals surface area contributed by atoms with E-state index in [2.05, 4.69) is 0 Å². The molecule has 3 aromatic rings. The molecule has 0 aliphatic rings. The molecule has 3 rings (SSSR count). The van der Waals surface area contributed by atoms with Gasteiger partial charge < -0.3 is 4.42 Å². The molecule has 2 aromatic carbocycles. The summed E-state index contributed by atoms with van der Waals surface area (Å²) in [4.78, 5) is 12.6. The summed E-state index contributed by atoms with van der Waals surface area (Å²) in [6, 6.07) is 13.5. The zero-order valence-electron chi connectivity index (χ0n) is 10.9. The van der Waals surface area contributed by atoms with Crippen LogP contribution in [0.5, 0.6) is 0 Å². The van der Waals surface area contributed by atoms with Crippen molar-refractivity contribution in [3.63, 3.8) is 0 Å². The van der Waals surface area contributed by atoms with Gasteiger partial charge in [-0.3, -0.25) is 4.79 Å². The van der Waals surface area contributed by atoms with Crippen LogP contribution in [0.25, 0.3) is 11.0 Å². The van der Waals surface area contributed by atoms with Gasteiger partial charge in [-0.15, -0.1) is 0 Å². The first-order chi connectivity index (χ1) is 9.16. The van der Waals surface area contributed by atoms with Gasteiger partial charge in [0.1, 0.15) is 11.8 Å². The Hall–Kier alpha value is -2.35. The molecule has 2 nitrogen and oxygen atoms in total. The van der Waals surface area contributed by atoms with Crippen molar-refractivity contribution in [1.29, 1.82) is 0 Å². The SMILES string of the molecule is Cc1ccc(C(=O)c2coc3ccccc23)c(C)c1. The number of benzene rings is 2. The van der Waals surface area contributed by atoms with Gasteiger partial charge in [0.05, 0.1) is 5.56 Å². The van der Waals surface area contributed by atoms with Gasteiger partial charge in [-0.25, -0.2) is 0 Å². The zero-order chi connectivity index (χ0) is 13.4. The third kappa shape index (κ3) is 1.95. The summed E-state index contributed by atoms with van der Waals surface area (Å²) < 4.78 is 5.43. The summed E-state index contributed by atoms with van der Waals surface area (Å²) in [5.74, 6) is 0.0162. The van der Waals surface area contributed by atoms with Crippen molar-refractivity contribution in [2.24, 2.45) is 0 Å². The quantitative estimate of drug-likeness (QED) is 0.635. The molecule has 1 aromatic heterocycles. The van der Waals surface area contributed by atoms with Crippen molar-refractivity contribution in [3.8, 4) is 0 Å². The molecule has 0 aliphatic heterocycles. The van der Waals surface area contributed by atoms with E-state index in [1.165, 1.54) is 0 Å². The van der Waals surface area contributed by atoms with Crippen molar-refractivity contribution in [2.75, 3.05) is 0 Å². The van der Waals surface area contributed by atoms with Crippen LogP contribution >= 0.6 is 0 Å².